The highest BCUT2D eigenvalue weighted by Gasteiger charge is 2.31. The Morgan fingerprint density at radius 3 is 2.59 bits per heavy atom. The molecule has 146 valence electrons. The van der Waals surface area contributed by atoms with Crippen molar-refractivity contribution in [2.45, 2.75) is 64.3 Å². The molecule has 2 aliphatic rings. The maximum atomic E-state index is 12.8. The lowest BCUT2D eigenvalue weighted by Gasteiger charge is -2.24. The number of aromatic nitrogens is 2. The molecule has 4 rings (SSSR count). The Morgan fingerprint density at radius 1 is 1.26 bits per heavy atom. The molecule has 0 bridgehead atoms. The van der Waals surface area contributed by atoms with Gasteiger partial charge < -0.3 is 14.0 Å². The summed E-state index contributed by atoms with van der Waals surface area (Å²) >= 11 is 0. The molecule has 2 fully saturated rings. The number of hydrogen-bond donors (Lipinski definition) is 0. The molecule has 0 spiro atoms. The highest BCUT2D eigenvalue weighted by molar-refractivity contribution is 5.95. The summed E-state index contributed by atoms with van der Waals surface area (Å²) in [5.41, 5.74) is 4.03. The molecule has 27 heavy (non-hydrogen) atoms. The second-order valence-electron chi connectivity index (χ2n) is 9.21. The van der Waals surface area contributed by atoms with Crippen LogP contribution in [0.1, 0.15) is 68.2 Å². The zero-order valence-corrected chi connectivity index (χ0v) is 17.0. The van der Waals surface area contributed by atoms with E-state index < -0.39 is 0 Å². The highest BCUT2D eigenvalue weighted by atomic mass is 16.5. The van der Waals surface area contributed by atoms with Gasteiger partial charge in [-0.05, 0) is 50.2 Å². The van der Waals surface area contributed by atoms with Crippen molar-refractivity contribution >= 4 is 11.6 Å². The van der Waals surface area contributed by atoms with Crippen LogP contribution in [-0.2, 0) is 16.6 Å². The van der Waals surface area contributed by atoms with Crippen molar-refractivity contribution in [2.75, 3.05) is 20.3 Å². The summed E-state index contributed by atoms with van der Waals surface area (Å²) in [6.07, 6.45) is 7.53. The molecule has 2 aromatic heterocycles. The minimum Gasteiger partial charge on any atom is -0.381 e. The molecule has 0 atom stereocenters. The first kappa shape index (κ1) is 18.5. The molecular weight excluding hydrogens is 338 g/mol. The van der Waals surface area contributed by atoms with E-state index in [1.165, 1.54) is 5.69 Å². The molecule has 1 aliphatic carbocycles. The monoisotopic (exact) mass is 369 g/mol. The summed E-state index contributed by atoms with van der Waals surface area (Å²) in [5, 5.41) is 0. The molecule has 0 radical (unpaired) electrons. The molecule has 1 aliphatic heterocycles. The Bertz CT molecular complexity index is 839. The van der Waals surface area contributed by atoms with Gasteiger partial charge in [0.05, 0.1) is 5.69 Å². The van der Waals surface area contributed by atoms with E-state index in [-0.39, 0.29) is 11.3 Å². The van der Waals surface area contributed by atoms with Gasteiger partial charge in [-0.1, -0.05) is 20.8 Å². The summed E-state index contributed by atoms with van der Waals surface area (Å²) in [5.74, 6) is 0.744. The third-order valence-corrected chi connectivity index (χ3v) is 5.92. The Labute approximate surface area is 161 Å². The number of fused-ring (bicyclic) bond motifs is 1. The van der Waals surface area contributed by atoms with Gasteiger partial charge in [0.1, 0.15) is 5.65 Å². The average Bonchev–Trinajstić information content (AvgIpc) is 3.43. The second-order valence-corrected chi connectivity index (χ2v) is 9.21. The quantitative estimate of drug-likeness (QED) is 0.823. The topological polar surface area (TPSA) is 46.8 Å². The molecule has 0 aromatic carbocycles. The Hall–Kier alpha value is -1.88. The average molecular weight is 370 g/mol. The van der Waals surface area contributed by atoms with Crippen LogP contribution in [0.3, 0.4) is 0 Å². The van der Waals surface area contributed by atoms with Gasteiger partial charge in [-0.3, -0.25) is 4.79 Å². The second kappa shape index (κ2) is 6.93. The Balaban J connectivity index is 1.70. The molecular formula is C22H31N3O2. The zero-order valence-electron chi connectivity index (χ0n) is 17.0. The molecule has 0 unspecified atom stereocenters. The van der Waals surface area contributed by atoms with Crippen LogP contribution < -0.4 is 0 Å². The van der Waals surface area contributed by atoms with Gasteiger partial charge in [0.15, 0.2) is 0 Å². The van der Waals surface area contributed by atoms with Crippen LogP contribution in [0.4, 0.5) is 0 Å². The van der Waals surface area contributed by atoms with Crippen molar-refractivity contribution in [1.82, 2.24) is 14.3 Å². The van der Waals surface area contributed by atoms with Gasteiger partial charge in [0, 0.05) is 49.2 Å². The van der Waals surface area contributed by atoms with Crippen molar-refractivity contribution in [3.63, 3.8) is 0 Å². The number of nitrogens with zero attached hydrogens (tertiary/aromatic N) is 3. The predicted molar refractivity (Wildman–Crippen MR) is 106 cm³/mol. The van der Waals surface area contributed by atoms with Crippen LogP contribution in [-0.4, -0.2) is 46.5 Å². The maximum absolute atomic E-state index is 12.8. The lowest BCUT2D eigenvalue weighted by atomic mass is 9.86. The molecule has 2 aromatic rings. The minimum atomic E-state index is -0.0263. The van der Waals surface area contributed by atoms with E-state index in [1.54, 1.807) is 0 Å². The van der Waals surface area contributed by atoms with Crippen LogP contribution in [0.5, 0.6) is 0 Å². The predicted octanol–water partition coefficient (Wildman–Crippen LogP) is 3.84. The first-order chi connectivity index (χ1) is 12.8. The third-order valence-electron chi connectivity index (χ3n) is 5.92. The number of pyridine rings is 1. The molecule has 5 heteroatoms. The van der Waals surface area contributed by atoms with E-state index in [0.717, 1.165) is 62.2 Å². The van der Waals surface area contributed by atoms with Gasteiger partial charge in [-0.25, -0.2) is 4.98 Å². The number of ether oxygens (including phenoxy) is 1. The lowest BCUT2D eigenvalue weighted by molar-refractivity contribution is 0.0661. The number of carbonyl (C=O) groups is 1. The standard InChI is InChI=1S/C22H31N3O2/c1-22(2,3)20-18(13-15-8-11-27-12-9-15)25-10-7-16(14-19(25)23-20)21(26)24(4)17-5-6-17/h7,10,14-15,17H,5-6,8-9,11-13H2,1-4H3. The van der Waals surface area contributed by atoms with Crippen LogP contribution in [0.15, 0.2) is 18.3 Å². The van der Waals surface area contributed by atoms with Gasteiger partial charge in [0.2, 0.25) is 0 Å². The van der Waals surface area contributed by atoms with Gasteiger partial charge in [-0.2, -0.15) is 0 Å². The number of hydrogen-bond acceptors (Lipinski definition) is 3. The number of carbonyl (C=O) groups excluding carboxylic acids is 1. The van der Waals surface area contributed by atoms with Crippen molar-refractivity contribution < 1.29 is 9.53 Å². The van der Waals surface area contributed by atoms with Crippen molar-refractivity contribution in [2.24, 2.45) is 5.92 Å². The molecule has 3 heterocycles. The fourth-order valence-electron chi connectivity index (χ4n) is 4.08. The van der Waals surface area contributed by atoms with Crippen LogP contribution in [0, 0.1) is 5.92 Å². The third kappa shape index (κ3) is 3.75. The van der Waals surface area contributed by atoms with Gasteiger partial charge in [-0.15, -0.1) is 0 Å². The summed E-state index contributed by atoms with van der Waals surface area (Å²) in [7, 11) is 1.91. The van der Waals surface area contributed by atoms with E-state index >= 15 is 0 Å². The van der Waals surface area contributed by atoms with Crippen molar-refractivity contribution in [1.29, 1.82) is 0 Å². The summed E-state index contributed by atoms with van der Waals surface area (Å²) < 4.78 is 7.73. The summed E-state index contributed by atoms with van der Waals surface area (Å²) in [6, 6.07) is 4.34. The molecule has 0 N–H and O–H groups in total. The van der Waals surface area contributed by atoms with Gasteiger partial charge in [0.25, 0.3) is 5.91 Å². The fraction of sp³-hybridized carbons (Fsp3) is 0.636. The van der Waals surface area contributed by atoms with Crippen molar-refractivity contribution in [3.8, 4) is 0 Å². The van der Waals surface area contributed by atoms with E-state index in [4.69, 9.17) is 9.72 Å². The molecule has 1 saturated carbocycles. The summed E-state index contributed by atoms with van der Waals surface area (Å²) in [6.45, 7) is 8.37. The smallest absolute Gasteiger partial charge is 0.254 e. The SMILES string of the molecule is CN(C(=O)c1ccn2c(CC3CCOCC3)c(C(C)(C)C)nc2c1)C1CC1. The number of rotatable bonds is 4. The van der Waals surface area contributed by atoms with E-state index in [2.05, 4.69) is 25.2 Å². The highest BCUT2D eigenvalue weighted by Crippen LogP contribution is 2.31. The normalized spacial score (nSPS) is 18.8. The van der Waals surface area contributed by atoms with E-state index in [0.29, 0.717) is 12.0 Å². The molecule has 1 amide bonds. The van der Waals surface area contributed by atoms with Crippen LogP contribution >= 0.6 is 0 Å². The Kier molecular flexibility index (Phi) is 4.75. The number of amides is 1. The van der Waals surface area contributed by atoms with E-state index in [9.17, 15) is 4.79 Å². The minimum absolute atomic E-state index is 0.0263. The van der Waals surface area contributed by atoms with E-state index in [1.807, 2.05) is 30.3 Å². The van der Waals surface area contributed by atoms with Crippen molar-refractivity contribution in [3.05, 3.63) is 35.3 Å². The first-order valence-corrected chi connectivity index (χ1v) is 10.2. The lowest BCUT2D eigenvalue weighted by Crippen LogP contribution is -2.28. The largest absolute Gasteiger partial charge is 0.381 e. The molecule has 1 saturated heterocycles. The first-order valence-electron chi connectivity index (χ1n) is 10.2. The zero-order chi connectivity index (χ0) is 19.2. The fourth-order valence-corrected chi connectivity index (χ4v) is 4.08. The van der Waals surface area contributed by atoms with Crippen LogP contribution in [0.25, 0.3) is 5.65 Å². The van der Waals surface area contributed by atoms with Crippen LogP contribution in [0.2, 0.25) is 0 Å². The number of imidazole rings is 1. The van der Waals surface area contributed by atoms with Gasteiger partial charge >= 0.3 is 0 Å². The maximum Gasteiger partial charge on any atom is 0.254 e. The molecule has 5 nitrogen and oxygen atoms in total. The summed E-state index contributed by atoms with van der Waals surface area (Å²) in [4.78, 5) is 19.6. The Morgan fingerprint density at radius 2 is 1.96 bits per heavy atom.